The summed E-state index contributed by atoms with van der Waals surface area (Å²) in [5, 5.41) is 0. The Hall–Kier alpha value is 1.87. The van der Waals surface area contributed by atoms with Crippen LogP contribution in [0.4, 0.5) is 0 Å². The van der Waals surface area contributed by atoms with E-state index < -0.39 is 10.4 Å². The van der Waals surface area contributed by atoms with E-state index in [1.807, 2.05) is 0 Å². The third-order valence-corrected chi connectivity index (χ3v) is 3.66. The molecule has 0 amide bonds. The van der Waals surface area contributed by atoms with Gasteiger partial charge in [-0.2, -0.15) is 8.42 Å². The minimum atomic E-state index is -4.67. The molecule has 0 atom stereocenters. The Labute approximate surface area is 165 Å². The first-order valence-corrected chi connectivity index (χ1v) is 10.4. The van der Waals surface area contributed by atoms with E-state index in [9.17, 15) is 0 Å². The van der Waals surface area contributed by atoms with E-state index in [2.05, 4.69) is 6.92 Å². The molecule has 0 fully saturated rings. The van der Waals surface area contributed by atoms with Crippen LogP contribution in [-0.4, -0.2) is 75.0 Å². The molecule has 4 nitrogen and oxygen atoms in total. The first-order valence-electron chi connectivity index (χ1n) is 7.61. The first kappa shape index (κ1) is 26.8. The average molecular weight is 328 g/mol. The molecule has 0 heterocycles. The number of hydrogen-bond acceptors (Lipinski definition) is 2. The van der Waals surface area contributed by atoms with Crippen LogP contribution in [0.25, 0.3) is 0 Å². The van der Waals surface area contributed by atoms with E-state index in [0.717, 1.165) is 0 Å². The molecule has 0 aliphatic rings. The molecule has 2 N–H and O–H groups in total. The molecule has 0 bridgehead atoms. The zero-order chi connectivity index (χ0) is 15.0. The van der Waals surface area contributed by atoms with Crippen molar-refractivity contribution in [3.8, 4) is 0 Å². The van der Waals surface area contributed by atoms with E-state index >= 15 is 0 Å². The van der Waals surface area contributed by atoms with Crippen molar-refractivity contribution in [3.05, 3.63) is 0 Å². The minimum absolute atomic E-state index is 0. The summed E-state index contributed by atoms with van der Waals surface area (Å²) in [6, 6.07) is 0. The van der Waals surface area contributed by atoms with Crippen LogP contribution in [0, 0.1) is 0 Å². The molecule has 0 aromatic heterocycles. The van der Waals surface area contributed by atoms with Crippen LogP contribution in [-0.2, 0) is 10.4 Å². The standard InChI is InChI=1S/C13H27.2Na.H2O4S.H/c1-3-5-7-9-11-13-12-10-8-6-4-2;;;1-5(2,3)4;/h1,3-13H2,2H3;;;(H2,1,2,3,4);. The normalized spacial score (nSPS) is 10.4. The summed E-state index contributed by atoms with van der Waals surface area (Å²) >= 11 is 1.41. The molecule has 0 aromatic carbocycles. The van der Waals surface area contributed by atoms with Gasteiger partial charge < -0.3 is 0 Å². The summed E-state index contributed by atoms with van der Waals surface area (Å²) in [6.45, 7) is 2.29. The van der Waals surface area contributed by atoms with Crippen molar-refractivity contribution in [2.75, 3.05) is 0 Å². The van der Waals surface area contributed by atoms with Gasteiger partial charge in [0.2, 0.25) is 0 Å². The van der Waals surface area contributed by atoms with Gasteiger partial charge >= 0.3 is 142 Å². The van der Waals surface area contributed by atoms with E-state index in [1.165, 1.54) is 102 Å². The van der Waals surface area contributed by atoms with Crippen molar-refractivity contribution in [3.63, 3.8) is 0 Å². The van der Waals surface area contributed by atoms with Gasteiger partial charge in [0.15, 0.2) is 0 Å². The SMILES string of the molecule is CCCCCCCCCCCC[CH2][Na].O=S(=O)(O)O.[NaH]. The Morgan fingerprint density at radius 1 is 0.750 bits per heavy atom. The summed E-state index contributed by atoms with van der Waals surface area (Å²) in [5.41, 5.74) is 0. The van der Waals surface area contributed by atoms with Crippen LogP contribution in [0.5, 0.6) is 0 Å². The zero-order valence-corrected chi connectivity index (χ0v) is 15.4. The maximum absolute atomic E-state index is 8.74. The quantitative estimate of drug-likeness (QED) is 0.345. The van der Waals surface area contributed by atoms with Gasteiger partial charge in [-0.3, -0.25) is 9.11 Å². The molecule has 0 radical (unpaired) electrons. The molecule has 0 saturated heterocycles. The van der Waals surface area contributed by atoms with Crippen LogP contribution in [0.15, 0.2) is 0 Å². The fraction of sp³-hybridized carbons (Fsp3) is 1.00. The van der Waals surface area contributed by atoms with E-state index in [-0.39, 0.29) is 29.6 Å². The predicted molar refractivity (Wildman–Crippen MR) is 88.3 cm³/mol. The third-order valence-electron chi connectivity index (χ3n) is 2.96. The molecule has 0 spiro atoms. The Kier molecular flexibility index (Phi) is 27.9. The number of rotatable bonds is 11. The fourth-order valence-corrected chi connectivity index (χ4v) is 2.41. The molecule has 114 valence electrons. The topological polar surface area (TPSA) is 74.6 Å². The maximum atomic E-state index is 8.74. The molecule has 0 unspecified atom stereocenters. The first-order chi connectivity index (χ1) is 8.91. The Morgan fingerprint density at radius 3 is 1.25 bits per heavy atom. The molecule has 0 saturated carbocycles. The predicted octanol–water partition coefficient (Wildman–Crippen LogP) is 3.58. The summed E-state index contributed by atoms with van der Waals surface area (Å²) < 4.78 is 33.1. The second-order valence-corrected chi connectivity index (χ2v) is 6.88. The Morgan fingerprint density at radius 2 is 1.00 bits per heavy atom. The van der Waals surface area contributed by atoms with Crippen LogP contribution in [0.1, 0.15) is 77.6 Å². The summed E-state index contributed by atoms with van der Waals surface area (Å²) in [6.07, 6.45) is 16.2. The Balaban J connectivity index is -0.000000414. The fourth-order valence-electron chi connectivity index (χ4n) is 1.91. The van der Waals surface area contributed by atoms with Gasteiger partial charge in [0.1, 0.15) is 0 Å². The number of unbranched alkanes of at least 4 members (excludes halogenated alkanes) is 10. The third kappa shape index (κ3) is 42.7. The summed E-state index contributed by atoms with van der Waals surface area (Å²) in [4.78, 5) is 0. The molecule has 0 aliphatic carbocycles. The summed E-state index contributed by atoms with van der Waals surface area (Å²) in [5.74, 6) is 0. The monoisotopic (exact) mass is 328 g/mol. The van der Waals surface area contributed by atoms with Gasteiger partial charge in [-0.25, -0.2) is 0 Å². The second kappa shape index (κ2) is 20.9. The molecular formula is C13H30Na2O4S. The van der Waals surface area contributed by atoms with Crippen molar-refractivity contribution in [1.82, 2.24) is 0 Å². The molecule has 0 aliphatic heterocycles. The van der Waals surface area contributed by atoms with Gasteiger partial charge in [0.25, 0.3) is 0 Å². The van der Waals surface area contributed by atoms with Gasteiger partial charge in [-0.05, 0) is 0 Å². The van der Waals surface area contributed by atoms with Crippen LogP contribution >= 0.6 is 0 Å². The molecule has 0 aromatic rings. The average Bonchev–Trinajstić information content (AvgIpc) is 2.29. The van der Waals surface area contributed by atoms with Gasteiger partial charge in [-0.15, -0.1) is 0 Å². The van der Waals surface area contributed by atoms with Crippen molar-refractivity contribution in [1.29, 1.82) is 0 Å². The van der Waals surface area contributed by atoms with Crippen molar-refractivity contribution < 1.29 is 17.5 Å². The second-order valence-electron chi connectivity index (χ2n) is 4.98. The summed E-state index contributed by atoms with van der Waals surface area (Å²) in [7, 11) is -4.67. The Bertz CT molecular complexity index is 239. The molecule has 0 rings (SSSR count). The van der Waals surface area contributed by atoms with Crippen molar-refractivity contribution in [2.24, 2.45) is 0 Å². The zero-order valence-electron chi connectivity index (χ0n) is 12.6. The van der Waals surface area contributed by atoms with Crippen LogP contribution in [0.2, 0.25) is 3.67 Å². The van der Waals surface area contributed by atoms with E-state index in [0.29, 0.717) is 0 Å². The van der Waals surface area contributed by atoms with Crippen LogP contribution in [0.3, 0.4) is 0 Å². The number of hydrogen-bond donors (Lipinski definition) is 2. The van der Waals surface area contributed by atoms with E-state index in [4.69, 9.17) is 17.5 Å². The van der Waals surface area contributed by atoms with Crippen LogP contribution < -0.4 is 0 Å². The van der Waals surface area contributed by atoms with Crippen molar-refractivity contribution >= 4 is 67.9 Å². The van der Waals surface area contributed by atoms with Gasteiger partial charge in [0, 0.05) is 0 Å². The molecule has 20 heavy (non-hydrogen) atoms. The molecular weight excluding hydrogens is 298 g/mol. The molecule has 7 heteroatoms. The van der Waals surface area contributed by atoms with E-state index in [1.54, 1.807) is 0 Å². The van der Waals surface area contributed by atoms with Gasteiger partial charge in [0.05, 0.1) is 0 Å². The van der Waals surface area contributed by atoms with Crippen molar-refractivity contribution in [2.45, 2.75) is 81.2 Å². The van der Waals surface area contributed by atoms with Gasteiger partial charge in [-0.1, -0.05) is 6.92 Å².